The highest BCUT2D eigenvalue weighted by atomic mass is 32.3. The summed E-state index contributed by atoms with van der Waals surface area (Å²) in [4.78, 5) is 13.3. The van der Waals surface area contributed by atoms with E-state index in [0.29, 0.717) is 0 Å². The van der Waals surface area contributed by atoms with Crippen LogP contribution in [0.5, 0.6) is 0 Å². The molecule has 1 aliphatic carbocycles. The summed E-state index contributed by atoms with van der Waals surface area (Å²) in [5.41, 5.74) is 1.15. The second kappa shape index (κ2) is 4.30. The summed E-state index contributed by atoms with van der Waals surface area (Å²) in [6, 6.07) is 9.81. The minimum atomic E-state index is -4.62. The fourth-order valence-electron chi connectivity index (χ4n) is 2.79. The van der Waals surface area contributed by atoms with Crippen molar-refractivity contribution in [1.29, 1.82) is 0 Å². The summed E-state index contributed by atoms with van der Waals surface area (Å²) in [7, 11) is -4.62. The zero-order chi connectivity index (χ0) is 13.6. The molecule has 1 heterocycles. The highest BCUT2D eigenvalue weighted by Gasteiger charge is 2.50. The van der Waals surface area contributed by atoms with Crippen molar-refractivity contribution in [1.82, 2.24) is 4.90 Å². The van der Waals surface area contributed by atoms with Gasteiger partial charge in [0.2, 0.25) is 5.91 Å². The van der Waals surface area contributed by atoms with Crippen LogP contribution < -0.4 is 0 Å². The first-order valence-electron chi connectivity index (χ1n) is 6.24. The molecule has 4 nitrogen and oxygen atoms in total. The van der Waals surface area contributed by atoms with Crippen LogP contribution in [0.2, 0.25) is 0 Å². The Morgan fingerprint density at radius 2 is 1.89 bits per heavy atom. The zero-order valence-electron chi connectivity index (χ0n) is 10.2. The van der Waals surface area contributed by atoms with Gasteiger partial charge >= 0.3 is 10.2 Å². The van der Waals surface area contributed by atoms with Crippen LogP contribution in [0.25, 0.3) is 0 Å². The second-order valence-electron chi connectivity index (χ2n) is 5.17. The van der Waals surface area contributed by atoms with E-state index in [4.69, 9.17) is 0 Å². The largest absolute Gasteiger partial charge is 0.338 e. The topological polar surface area (TPSA) is 54.5 Å². The van der Waals surface area contributed by atoms with E-state index >= 15 is 0 Å². The van der Waals surface area contributed by atoms with Crippen molar-refractivity contribution < 1.29 is 17.1 Å². The molecule has 0 bridgehead atoms. The summed E-state index contributed by atoms with van der Waals surface area (Å²) in [5.74, 6) is 0.000807. The van der Waals surface area contributed by atoms with Gasteiger partial charge in [-0.15, -0.1) is 3.89 Å². The average molecular weight is 283 g/mol. The SMILES string of the molecule is O=C1CC(S(=O)(=O)F)CN1C1CC1c1ccccc1. The maximum absolute atomic E-state index is 12.9. The molecule has 102 valence electrons. The van der Waals surface area contributed by atoms with E-state index in [-0.39, 0.29) is 30.8 Å². The van der Waals surface area contributed by atoms with Crippen molar-refractivity contribution in [2.75, 3.05) is 6.54 Å². The molecule has 0 N–H and O–H groups in total. The number of halogens is 1. The molecule has 1 amide bonds. The molecular formula is C13H14FNO3S. The Morgan fingerprint density at radius 3 is 2.47 bits per heavy atom. The van der Waals surface area contributed by atoms with Crippen LogP contribution in [0.3, 0.4) is 0 Å². The van der Waals surface area contributed by atoms with Crippen LogP contribution in [-0.4, -0.2) is 37.1 Å². The molecule has 19 heavy (non-hydrogen) atoms. The highest BCUT2D eigenvalue weighted by Crippen LogP contribution is 2.46. The minimum absolute atomic E-state index is 0.00827. The van der Waals surface area contributed by atoms with Gasteiger partial charge in [-0.25, -0.2) is 0 Å². The second-order valence-corrected chi connectivity index (χ2v) is 6.79. The van der Waals surface area contributed by atoms with E-state index < -0.39 is 15.5 Å². The third-order valence-electron chi connectivity index (χ3n) is 3.91. The van der Waals surface area contributed by atoms with Gasteiger partial charge in [-0.1, -0.05) is 30.3 Å². The molecule has 2 fully saturated rings. The lowest BCUT2D eigenvalue weighted by molar-refractivity contribution is -0.128. The summed E-state index contributed by atoms with van der Waals surface area (Å²) in [5, 5.41) is -1.18. The number of hydrogen-bond donors (Lipinski definition) is 0. The number of benzene rings is 1. The van der Waals surface area contributed by atoms with Gasteiger partial charge in [0, 0.05) is 24.9 Å². The molecule has 1 saturated carbocycles. The Morgan fingerprint density at radius 1 is 1.21 bits per heavy atom. The van der Waals surface area contributed by atoms with Gasteiger partial charge in [0.25, 0.3) is 0 Å². The Labute approximate surface area is 111 Å². The monoisotopic (exact) mass is 283 g/mol. The Kier molecular flexibility index (Phi) is 2.85. The number of rotatable bonds is 3. The summed E-state index contributed by atoms with van der Waals surface area (Å²) >= 11 is 0. The Hall–Kier alpha value is -1.43. The lowest BCUT2D eigenvalue weighted by Gasteiger charge is -2.16. The number of amides is 1. The first-order valence-corrected chi connectivity index (χ1v) is 7.69. The average Bonchev–Trinajstić information content (AvgIpc) is 3.05. The first kappa shape index (κ1) is 12.6. The number of carbonyl (C=O) groups excluding carboxylic acids is 1. The van der Waals surface area contributed by atoms with Crippen LogP contribution in [0.1, 0.15) is 24.3 Å². The molecule has 2 aliphatic rings. The molecule has 0 spiro atoms. The molecule has 1 aliphatic heterocycles. The molecule has 1 aromatic carbocycles. The molecule has 3 unspecified atom stereocenters. The minimum Gasteiger partial charge on any atom is -0.338 e. The van der Waals surface area contributed by atoms with Crippen LogP contribution in [0.4, 0.5) is 3.89 Å². The lowest BCUT2D eigenvalue weighted by atomic mass is 10.1. The van der Waals surface area contributed by atoms with Crippen LogP contribution in [-0.2, 0) is 15.0 Å². The molecular weight excluding hydrogens is 269 g/mol. The van der Waals surface area contributed by atoms with Crippen molar-refractivity contribution >= 4 is 16.1 Å². The van der Waals surface area contributed by atoms with Crippen LogP contribution >= 0.6 is 0 Å². The van der Waals surface area contributed by atoms with Gasteiger partial charge in [-0.3, -0.25) is 4.79 Å². The number of likely N-dealkylation sites (tertiary alicyclic amines) is 1. The predicted molar refractivity (Wildman–Crippen MR) is 67.7 cm³/mol. The number of carbonyl (C=O) groups is 1. The standard InChI is InChI=1S/C13H14FNO3S/c14-19(17,18)10-6-13(16)15(8-10)12-7-11(12)9-4-2-1-3-5-9/h1-5,10-12H,6-8H2. The number of hydrogen-bond acceptors (Lipinski definition) is 3. The first-order chi connectivity index (χ1) is 8.97. The van der Waals surface area contributed by atoms with Gasteiger partial charge in [0.15, 0.2) is 0 Å². The van der Waals surface area contributed by atoms with Gasteiger partial charge in [0.05, 0.1) is 0 Å². The Bertz CT molecular complexity index is 602. The third kappa shape index (κ3) is 2.36. The van der Waals surface area contributed by atoms with Crippen LogP contribution in [0, 0.1) is 0 Å². The smallest absolute Gasteiger partial charge is 0.307 e. The molecule has 3 atom stereocenters. The summed E-state index contributed by atoms with van der Waals surface area (Å²) < 4.78 is 34.7. The van der Waals surface area contributed by atoms with Crippen molar-refractivity contribution in [2.45, 2.75) is 30.1 Å². The molecule has 0 aromatic heterocycles. The van der Waals surface area contributed by atoms with Crippen molar-refractivity contribution in [2.24, 2.45) is 0 Å². The quantitative estimate of drug-likeness (QED) is 0.789. The highest BCUT2D eigenvalue weighted by molar-refractivity contribution is 7.87. The van der Waals surface area contributed by atoms with Crippen molar-refractivity contribution in [3.8, 4) is 0 Å². The predicted octanol–water partition coefficient (Wildman–Crippen LogP) is 1.44. The third-order valence-corrected chi connectivity index (χ3v) is 5.02. The van der Waals surface area contributed by atoms with E-state index in [0.717, 1.165) is 12.0 Å². The van der Waals surface area contributed by atoms with E-state index in [2.05, 4.69) is 0 Å². The fraction of sp³-hybridized carbons (Fsp3) is 0.462. The maximum atomic E-state index is 12.9. The van der Waals surface area contributed by atoms with E-state index in [1.165, 1.54) is 4.90 Å². The maximum Gasteiger partial charge on any atom is 0.307 e. The molecule has 3 rings (SSSR count). The van der Waals surface area contributed by atoms with Gasteiger partial charge in [-0.05, 0) is 12.0 Å². The summed E-state index contributed by atoms with van der Waals surface area (Å²) in [6.07, 6.45) is 0.603. The van der Waals surface area contributed by atoms with Crippen molar-refractivity contribution in [3.05, 3.63) is 35.9 Å². The molecule has 1 aromatic rings. The molecule has 0 radical (unpaired) electrons. The van der Waals surface area contributed by atoms with E-state index in [1.54, 1.807) is 0 Å². The fourth-order valence-corrected chi connectivity index (χ4v) is 3.47. The van der Waals surface area contributed by atoms with E-state index in [1.807, 2.05) is 30.3 Å². The van der Waals surface area contributed by atoms with Gasteiger partial charge in [-0.2, -0.15) is 8.42 Å². The zero-order valence-corrected chi connectivity index (χ0v) is 11.0. The van der Waals surface area contributed by atoms with Crippen molar-refractivity contribution in [3.63, 3.8) is 0 Å². The number of nitrogens with zero attached hydrogens (tertiary/aromatic N) is 1. The lowest BCUT2D eigenvalue weighted by Crippen LogP contribution is -2.30. The van der Waals surface area contributed by atoms with Gasteiger partial charge in [0.1, 0.15) is 5.25 Å². The van der Waals surface area contributed by atoms with Crippen LogP contribution in [0.15, 0.2) is 30.3 Å². The Balaban J connectivity index is 1.71. The normalized spacial score (nSPS) is 30.7. The van der Waals surface area contributed by atoms with Gasteiger partial charge < -0.3 is 4.90 Å². The van der Waals surface area contributed by atoms with E-state index in [9.17, 15) is 17.1 Å². The summed E-state index contributed by atoms with van der Waals surface area (Å²) in [6.45, 7) is -0.00827. The molecule has 6 heteroatoms. The molecule has 1 saturated heterocycles.